The number of rotatable bonds is 5. The smallest absolute Gasteiger partial charge is 0.254 e. The molecule has 0 amide bonds. The molecule has 1 unspecified atom stereocenters. The Labute approximate surface area is 114 Å². The Balaban J connectivity index is 2.08. The normalized spacial score (nSPS) is 13.9. The van der Waals surface area contributed by atoms with E-state index in [9.17, 15) is 0 Å². The summed E-state index contributed by atoms with van der Waals surface area (Å²) in [5, 5.41) is 8.31. The molecule has 0 saturated carbocycles. The standard InChI is InChI=1S/C14H23N5/c1-14(2,3)11(7-8-15)5-6-12-17-18-13-16-9-4-10-19(12)13/h4,9-11H,5-8,15H2,1-3H3. The van der Waals surface area contributed by atoms with Gasteiger partial charge in [0.2, 0.25) is 0 Å². The van der Waals surface area contributed by atoms with Gasteiger partial charge in [-0.05, 0) is 36.8 Å². The molecule has 19 heavy (non-hydrogen) atoms. The second-order valence-corrected chi connectivity index (χ2v) is 6.08. The zero-order chi connectivity index (χ0) is 13.9. The summed E-state index contributed by atoms with van der Waals surface area (Å²) in [6, 6.07) is 1.90. The number of hydrogen-bond donors (Lipinski definition) is 1. The lowest BCUT2D eigenvalue weighted by molar-refractivity contribution is 0.214. The van der Waals surface area contributed by atoms with Crippen LogP contribution in [0.25, 0.3) is 5.78 Å². The Morgan fingerprint density at radius 3 is 2.74 bits per heavy atom. The largest absolute Gasteiger partial charge is 0.330 e. The average Bonchev–Trinajstić information content (AvgIpc) is 2.76. The molecule has 0 saturated heterocycles. The Morgan fingerprint density at radius 2 is 2.05 bits per heavy atom. The topological polar surface area (TPSA) is 69.1 Å². The fourth-order valence-corrected chi connectivity index (χ4v) is 2.47. The van der Waals surface area contributed by atoms with Crippen molar-refractivity contribution < 1.29 is 0 Å². The molecule has 5 heteroatoms. The highest BCUT2D eigenvalue weighted by molar-refractivity contribution is 5.26. The predicted octanol–water partition coefficient (Wildman–Crippen LogP) is 2.07. The molecular weight excluding hydrogens is 238 g/mol. The molecule has 2 N–H and O–H groups in total. The SMILES string of the molecule is CC(C)(C)C(CCN)CCc1nnc2ncccn12. The summed E-state index contributed by atoms with van der Waals surface area (Å²) in [4.78, 5) is 4.18. The lowest BCUT2D eigenvalue weighted by atomic mass is 9.76. The molecule has 0 fully saturated rings. The van der Waals surface area contributed by atoms with Gasteiger partial charge in [-0.3, -0.25) is 4.40 Å². The van der Waals surface area contributed by atoms with Crippen LogP contribution in [0.2, 0.25) is 0 Å². The van der Waals surface area contributed by atoms with Crippen molar-refractivity contribution in [1.29, 1.82) is 0 Å². The summed E-state index contributed by atoms with van der Waals surface area (Å²) in [6.45, 7) is 7.56. The summed E-state index contributed by atoms with van der Waals surface area (Å²) in [5.74, 6) is 2.25. The first-order valence-electron chi connectivity index (χ1n) is 6.87. The molecule has 104 valence electrons. The van der Waals surface area contributed by atoms with Gasteiger partial charge in [0.15, 0.2) is 0 Å². The molecule has 0 bridgehead atoms. The third kappa shape index (κ3) is 3.29. The fourth-order valence-electron chi connectivity index (χ4n) is 2.47. The molecule has 2 heterocycles. The highest BCUT2D eigenvalue weighted by Gasteiger charge is 2.24. The summed E-state index contributed by atoms with van der Waals surface area (Å²) in [7, 11) is 0. The van der Waals surface area contributed by atoms with Crippen LogP contribution in [-0.4, -0.2) is 26.1 Å². The van der Waals surface area contributed by atoms with Crippen molar-refractivity contribution in [2.75, 3.05) is 6.54 Å². The van der Waals surface area contributed by atoms with Crippen molar-refractivity contribution >= 4 is 5.78 Å². The van der Waals surface area contributed by atoms with Crippen LogP contribution >= 0.6 is 0 Å². The molecule has 0 radical (unpaired) electrons. The quantitative estimate of drug-likeness (QED) is 0.894. The first kappa shape index (κ1) is 13.9. The van der Waals surface area contributed by atoms with Crippen LogP contribution in [0, 0.1) is 11.3 Å². The maximum atomic E-state index is 5.72. The van der Waals surface area contributed by atoms with Crippen LogP contribution in [-0.2, 0) is 6.42 Å². The van der Waals surface area contributed by atoms with Crippen LogP contribution < -0.4 is 5.73 Å². The first-order chi connectivity index (χ1) is 9.02. The van der Waals surface area contributed by atoms with Crippen LogP contribution in [0.4, 0.5) is 0 Å². The van der Waals surface area contributed by atoms with E-state index in [1.165, 1.54) is 0 Å². The van der Waals surface area contributed by atoms with Gasteiger partial charge >= 0.3 is 0 Å². The third-order valence-electron chi connectivity index (χ3n) is 3.72. The van der Waals surface area contributed by atoms with Crippen LogP contribution in [0.5, 0.6) is 0 Å². The fraction of sp³-hybridized carbons (Fsp3) is 0.643. The lowest BCUT2D eigenvalue weighted by Gasteiger charge is -2.30. The van der Waals surface area contributed by atoms with Crippen LogP contribution in [0.1, 0.15) is 39.4 Å². The van der Waals surface area contributed by atoms with Crippen LogP contribution in [0.15, 0.2) is 18.5 Å². The number of aryl methyl sites for hydroxylation is 1. The van der Waals surface area contributed by atoms with Crippen molar-refractivity contribution in [3.8, 4) is 0 Å². The van der Waals surface area contributed by atoms with Gasteiger partial charge in [0.1, 0.15) is 5.82 Å². The van der Waals surface area contributed by atoms with Gasteiger partial charge in [0, 0.05) is 18.8 Å². The van der Waals surface area contributed by atoms with Crippen LogP contribution in [0.3, 0.4) is 0 Å². The minimum absolute atomic E-state index is 0.276. The second-order valence-electron chi connectivity index (χ2n) is 6.08. The van der Waals surface area contributed by atoms with Crippen molar-refractivity contribution in [2.24, 2.45) is 17.1 Å². The summed E-state index contributed by atoms with van der Waals surface area (Å²) >= 11 is 0. The number of fused-ring (bicyclic) bond motifs is 1. The highest BCUT2D eigenvalue weighted by atomic mass is 15.3. The number of nitrogens with two attached hydrogens (primary N) is 1. The van der Waals surface area contributed by atoms with Crippen molar-refractivity contribution in [3.63, 3.8) is 0 Å². The molecule has 0 aliphatic rings. The Kier molecular flexibility index (Phi) is 4.14. The molecule has 0 spiro atoms. The van der Waals surface area contributed by atoms with Gasteiger partial charge in [-0.15, -0.1) is 10.2 Å². The molecule has 2 aromatic rings. The predicted molar refractivity (Wildman–Crippen MR) is 75.7 cm³/mol. The maximum Gasteiger partial charge on any atom is 0.254 e. The molecule has 0 aliphatic heterocycles. The number of aromatic nitrogens is 4. The number of nitrogens with zero attached hydrogens (tertiary/aromatic N) is 4. The third-order valence-corrected chi connectivity index (χ3v) is 3.72. The van der Waals surface area contributed by atoms with E-state index >= 15 is 0 Å². The minimum Gasteiger partial charge on any atom is -0.330 e. The monoisotopic (exact) mass is 261 g/mol. The summed E-state index contributed by atoms with van der Waals surface area (Å²) in [5.41, 5.74) is 6.00. The van der Waals surface area contributed by atoms with Crippen molar-refractivity contribution in [1.82, 2.24) is 19.6 Å². The second kappa shape index (κ2) is 5.65. The maximum absolute atomic E-state index is 5.72. The molecule has 0 aliphatic carbocycles. The van der Waals surface area contributed by atoms with Gasteiger partial charge in [0.25, 0.3) is 5.78 Å². The van der Waals surface area contributed by atoms with Gasteiger partial charge in [-0.25, -0.2) is 4.98 Å². The van der Waals surface area contributed by atoms with E-state index in [0.29, 0.717) is 11.7 Å². The zero-order valence-corrected chi connectivity index (χ0v) is 12.0. The molecular formula is C14H23N5. The molecule has 1 atom stereocenters. The van der Waals surface area contributed by atoms with Gasteiger partial charge in [0.05, 0.1) is 0 Å². The van der Waals surface area contributed by atoms with E-state index in [4.69, 9.17) is 5.73 Å². The zero-order valence-electron chi connectivity index (χ0n) is 12.0. The minimum atomic E-state index is 0.276. The Morgan fingerprint density at radius 1 is 1.26 bits per heavy atom. The molecule has 5 nitrogen and oxygen atoms in total. The first-order valence-corrected chi connectivity index (χ1v) is 6.87. The molecule has 2 aromatic heterocycles. The molecule has 0 aromatic carbocycles. The van der Waals surface area contributed by atoms with Gasteiger partial charge in [-0.1, -0.05) is 20.8 Å². The van der Waals surface area contributed by atoms with E-state index in [2.05, 4.69) is 36.0 Å². The Hall–Kier alpha value is -1.49. The average molecular weight is 261 g/mol. The summed E-state index contributed by atoms with van der Waals surface area (Å²) in [6.07, 6.45) is 6.75. The van der Waals surface area contributed by atoms with Crippen molar-refractivity contribution in [2.45, 2.75) is 40.0 Å². The van der Waals surface area contributed by atoms with E-state index in [-0.39, 0.29) is 5.41 Å². The van der Waals surface area contributed by atoms with E-state index in [0.717, 1.165) is 31.6 Å². The van der Waals surface area contributed by atoms with E-state index in [1.807, 2.05) is 16.7 Å². The van der Waals surface area contributed by atoms with Gasteiger partial charge in [-0.2, -0.15) is 0 Å². The highest BCUT2D eigenvalue weighted by Crippen LogP contribution is 2.31. The lowest BCUT2D eigenvalue weighted by Crippen LogP contribution is -2.24. The number of hydrogen-bond acceptors (Lipinski definition) is 4. The summed E-state index contributed by atoms with van der Waals surface area (Å²) < 4.78 is 1.96. The van der Waals surface area contributed by atoms with Gasteiger partial charge < -0.3 is 5.73 Å². The van der Waals surface area contributed by atoms with E-state index in [1.54, 1.807) is 6.20 Å². The van der Waals surface area contributed by atoms with E-state index < -0.39 is 0 Å². The van der Waals surface area contributed by atoms with Crippen molar-refractivity contribution in [3.05, 3.63) is 24.3 Å². The molecule has 2 rings (SSSR count). The Bertz CT molecular complexity index is 526.